The largest absolute Gasteiger partial charge is 0.467 e. The highest BCUT2D eigenvalue weighted by Crippen LogP contribution is 2.17. The molecule has 0 bridgehead atoms. The molecule has 3 rings (SSSR count). The van der Waals surface area contributed by atoms with Gasteiger partial charge in [-0.2, -0.15) is 0 Å². The normalized spacial score (nSPS) is 10.4. The van der Waals surface area contributed by atoms with Crippen LogP contribution in [0.15, 0.2) is 75.8 Å². The van der Waals surface area contributed by atoms with E-state index in [1.165, 1.54) is 0 Å². The molecule has 0 fully saturated rings. The fourth-order valence-corrected chi connectivity index (χ4v) is 3.08. The maximum Gasteiger partial charge on any atom is 0.253 e. The molecule has 0 radical (unpaired) electrons. The van der Waals surface area contributed by atoms with E-state index in [2.05, 4.69) is 26.6 Å². The molecule has 0 aliphatic rings. The van der Waals surface area contributed by atoms with E-state index in [0.717, 1.165) is 10.0 Å². The standard InChI is InChI=1S/C21H19BrN2O3/c22-16-6-3-5-15(13-16)10-11-20(25)24-19-9-2-1-8-18(19)21(26)23-14-17-7-4-12-27-17/h1-9,12-13H,10-11,14H2,(H,23,26)(H,24,25). The molecule has 0 spiro atoms. The number of rotatable bonds is 7. The van der Waals surface area contributed by atoms with E-state index in [1.54, 1.807) is 42.7 Å². The smallest absolute Gasteiger partial charge is 0.253 e. The average Bonchev–Trinajstić information content (AvgIpc) is 3.19. The van der Waals surface area contributed by atoms with E-state index in [1.807, 2.05) is 24.3 Å². The summed E-state index contributed by atoms with van der Waals surface area (Å²) in [4.78, 5) is 24.8. The van der Waals surface area contributed by atoms with Gasteiger partial charge in [-0.25, -0.2) is 0 Å². The van der Waals surface area contributed by atoms with Crippen molar-refractivity contribution in [3.8, 4) is 0 Å². The quantitative estimate of drug-likeness (QED) is 0.582. The van der Waals surface area contributed by atoms with Crippen LogP contribution in [0.25, 0.3) is 0 Å². The average molecular weight is 427 g/mol. The predicted octanol–water partition coefficient (Wildman–Crippen LogP) is 4.54. The summed E-state index contributed by atoms with van der Waals surface area (Å²) in [7, 11) is 0. The highest BCUT2D eigenvalue weighted by Gasteiger charge is 2.13. The summed E-state index contributed by atoms with van der Waals surface area (Å²) in [6.45, 7) is 0.289. The number of anilines is 1. The van der Waals surface area contributed by atoms with Crippen molar-refractivity contribution in [1.82, 2.24) is 5.32 Å². The number of aryl methyl sites for hydroxylation is 1. The molecule has 2 aromatic carbocycles. The Morgan fingerprint density at radius 3 is 2.63 bits per heavy atom. The number of para-hydroxylation sites is 1. The van der Waals surface area contributed by atoms with Gasteiger partial charge in [0.15, 0.2) is 0 Å². The lowest BCUT2D eigenvalue weighted by Gasteiger charge is -2.11. The van der Waals surface area contributed by atoms with Gasteiger partial charge in [0.05, 0.1) is 24.1 Å². The van der Waals surface area contributed by atoms with Gasteiger partial charge in [-0.05, 0) is 48.4 Å². The number of hydrogen-bond donors (Lipinski definition) is 2. The van der Waals surface area contributed by atoms with Crippen LogP contribution < -0.4 is 10.6 Å². The molecule has 0 saturated heterocycles. The minimum absolute atomic E-state index is 0.138. The van der Waals surface area contributed by atoms with E-state index < -0.39 is 0 Å². The van der Waals surface area contributed by atoms with Crippen LogP contribution in [0.2, 0.25) is 0 Å². The number of furan rings is 1. The van der Waals surface area contributed by atoms with Gasteiger partial charge in [0.2, 0.25) is 5.91 Å². The molecule has 2 N–H and O–H groups in total. The van der Waals surface area contributed by atoms with Crippen LogP contribution in [-0.2, 0) is 17.8 Å². The molecule has 1 heterocycles. The van der Waals surface area contributed by atoms with Crippen molar-refractivity contribution >= 4 is 33.4 Å². The molecular weight excluding hydrogens is 408 g/mol. The molecule has 0 unspecified atom stereocenters. The molecule has 1 aromatic heterocycles. The fourth-order valence-electron chi connectivity index (χ4n) is 2.63. The number of halogens is 1. The number of amides is 2. The van der Waals surface area contributed by atoms with E-state index in [-0.39, 0.29) is 18.4 Å². The number of benzene rings is 2. The van der Waals surface area contributed by atoms with E-state index in [4.69, 9.17) is 4.42 Å². The van der Waals surface area contributed by atoms with Crippen LogP contribution in [0.3, 0.4) is 0 Å². The lowest BCUT2D eigenvalue weighted by molar-refractivity contribution is -0.116. The summed E-state index contributed by atoms with van der Waals surface area (Å²) in [5.74, 6) is 0.259. The Bertz CT molecular complexity index is 923. The monoisotopic (exact) mass is 426 g/mol. The van der Waals surface area contributed by atoms with Crippen LogP contribution in [0, 0.1) is 0 Å². The third-order valence-electron chi connectivity index (χ3n) is 3.98. The Morgan fingerprint density at radius 1 is 1.00 bits per heavy atom. The number of carbonyl (C=O) groups excluding carboxylic acids is 2. The molecule has 0 aliphatic carbocycles. The maximum absolute atomic E-state index is 12.4. The van der Waals surface area contributed by atoms with Crippen LogP contribution in [0.1, 0.15) is 28.1 Å². The summed E-state index contributed by atoms with van der Waals surface area (Å²) >= 11 is 3.43. The van der Waals surface area contributed by atoms with E-state index >= 15 is 0 Å². The molecule has 3 aromatic rings. The summed E-state index contributed by atoms with van der Waals surface area (Å²) in [5.41, 5.74) is 1.98. The molecule has 138 valence electrons. The molecule has 27 heavy (non-hydrogen) atoms. The Kier molecular flexibility index (Phi) is 6.44. The molecular formula is C21H19BrN2O3. The summed E-state index contributed by atoms with van der Waals surface area (Å²) in [6.07, 6.45) is 2.51. The van der Waals surface area contributed by atoms with Crippen molar-refractivity contribution < 1.29 is 14.0 Å². The molecule has 0 saturated carbocycles. The zero-order chi connectivity index (χ0) is 19.1. The van der Waals surface area contributed by atoms with E-state index in [9.17, 15) is 9.59 Å². The van der Waals surface area contributed by atoms with Gasteiger partial charge in [0, 0.05) is 10.9 Å². The third-order valence-corrected chi connectivity index (χ3v) is 4.47. The number of hydrogen-bond acceptors (Lipinski definition) is 3. The second-order valence-electron chi connectivity index (χ2n) is 5.99. The Balaban J connectivity index is 1.59. The van der Waals surface area contributed by atoms with Crippen LogP contribution in [0.4, 0.5) is 5.69 Å². The second kappa shape index (κ2) is 9.19. The topological polar surface area (TPSA) is 71.3 Å². The van der Waals surface area contributed by atoms with Crippen molar-refractivity contribution in [2.75, 3.05) is 5.32 Å². The van der Waals surface area contributed by atoms with Crippen LogP contribution in [-0.4, -0.2) is 11.8 Å². The first-order valence-electron chi connectivity index (χ1n) is 8.56. The molecule has 6 heteroatoms. The lowest BCUT2D eigenvalue weighted by Crippen LogP contribution is -2.24. The summed E-state index contributed by atoms with van der Waals surface area (Å²) in [5, 5.41) is 5.62. The van der Waals surface area contributed by atoms with Gasteiger partial charge < -0.3 is 15.1 Å². The number of carbonyl (C=O) groups is 2. The SMILES string of the molecule is O=C(CCc1cccc(Br)c1)Nc1ccccc1C(=O)NCc1ccco1. The van der Waals surface area contributed by atoms with Crippen LogP contribution >= 0.6 is 15.9 Å². The van der Waals surface area contributed by atoms with Gasteiger partial charge in [-0.15, -0.1) is 0 Å². The minimum atomic E-state index is -0.269. The van der Waals surface area contributed by atoms with Crippen molar-refractivity contribution in [3.05, 3.63) is 88.3 Å². The highest BCUT2D eigenvalue weighted by atomic mass is 79.9. The van der Waals surface area contributed by atoms with Gasteiger partial charge in [0.25, 0.3) is 5.91 Å². The highest BCUT2D eigenvalue weighted by molar-refractivity contribution is 9.10. The molecule has 5 nitrogen and oxygen atoms in total. The van der Waals surface area contributed by atoms with Crippen molar-refractivity contribution in [2.24, 2.45) is 0 Å². The Hall–Kier alpha value is -2.86. The van der Waals surface area contributed by atoms with Gasteiger partial charge >= 0.3 is 0 Å². The maximum atomic E-state index is 12.4. The molecule has 2 amide bonds. The summed E-state index contributed by atoms with van der Waals surface area (Å²) in [6, 6.07) is 18.4. The van der Waals surface area contributed by atoms with Crippen LogP contribution in [0.5, 0.6) is 0 Å². The second-order valence-corrected chi connectivity index (χ2v) is 6.90. The zero-order valence-corrected chi connectivity index (χ0v) is 16.2. The Labute approximate surface area is 165 Å². The van der Waals surface area contributed by atoms with Gasteiger partial charge in [-0.3, -0.25) is 9.59 Å². The lowest BCUT2D eigenvalue weighted by atomic mass is 10.1. The third kappa shape index (κ3) is 5.56. The van der Waals surface area contributed by atoms with Crippen molar-refractivity contribution in [2.45, 2.75) is 19.4 Å². The predicted molar refractivity (Wildman–Crippen MR) is 107 cm³/mol. The van der Waals surface area contributed by atoms with Crippen molar-refractivity contribution in [3.63, 3.8) is 0 Å². The molecule has 0 aliphatic heterocycles. The summed E-state index contributed by atoms with van der Waals surface area (Å²) < 4.78 is 6.19. The minimum Gasteiger partial charge on any atom is -0.467 e. The van der Waals surface area contributed by atoms with Gasteiger partial charge in [-0.1, -0.05) is 40.2 Å². The zero-order valence-electron chi connectivity index (χ0n) is 14.6. The first-order valence-corrected chi connectivity index (χ1v) is 9.35. The Morgan fingerprint density at radius 2 is 1.85 bits per heavy atom. The van der Waals surface area contributed by atoms with Crippen molar-refractivity contribution in [1.29, 1.82) is 0 Å². The van der Waals surface area contributed by atoms with E-state index in [0.29, 0.717) is 29.9 Å². The molecule has 0 atom stereocenters. The van der Waals surface area contributed by atoms with Gasteiger partial charge in [0.1, 0.15) is 5.76 Å². The fraction of sp³-hybridized carbons (Fsp3) is 0.143. The first kappa shape index (κ1) is 18.9. The first-order chi connectivity index (χ1) is 13.1. The number of nitrogens with one attached hydrogen (secondary N) is 2.